The van der Waals surface area contributed by atoms with E-state index in [0.717, 1.165) is 5.70 Å². The molecule has 0 saturated heterocycles. The average molecular weight is 341 g/mol. The number of hydrogen-bond donors (Lipinski definition) is 1. The van der Waals surface area contributed by atoms with Crippen molar-refractivity contribution in [3.05, 3.63) is 46.8 Å². The van der Waals surface area contributed by atoms with Crippen LogP contribution in [-0.4, -0.2) is 30.9 Å². The van der Waals surface area contributed by atoms with Crippen LogP contribution in [-0.2, 0) is 9.53 Å². The molecule has 0 spiro atoms. The molecule has 6 heteroatoms. The Morgan fingerprint density at radius 3 is 2.84 bits per heavy atom. The summed E-state index contributed by atoms with van der Waals surface area (Å²) < 4.78 is 10.7. The average Bonchev–Trinajstić information content (AvgIpc) is 3.06. The Morgan fingerprint density at radius 2 is 2.24 bits per heavy atom. The van der Waals surface area contributed by atoms with Crippen molar-refractivity contribution in [3.8, 4) is 6.07 Å². The molecule has 2 heterocycles. The van der Waals surface area contributed by atoms with Crippen molar-refractivity contribution in [2.24, 2.45) is 11.1 Å². The van der Waals surface area contributed by atoms with Gasteiger partial charge in [0.2, 0.25) is 0 Å². The van der Waals surface area contributed by atoms with Gasteiger partial charge in [0.25, 0.3) is 0 Å². The molecule has 0 unspecified atom stereocenters. The lowest BCUT2D eigenvalue weighted by Crippen LogP contribution is -2.43. The van der Waals surface area contributed by atoms with Gasteiger partial charge in [0.05, 0.1) is 30.4 Å². The van der Waals surface area contributed by atoms with Crippen LogP contribution in [0, 0.1) is 16.7 Å². The molecule has 1 aromatic heterocycles. The minimum Gasteiger partial charge on any atom is -0.468 e. The summed E-state index contributed by atoms with van der Waals surface area (Å²) in [7, 11) is 1.62. The van der Waals surface area contributed by atoms with Gasteiger partial charge in [-0.3, -0.25) is 4.79 Å². The summed E-state index contributed by atoms with van der Waals surface area (Å²) in [5.74, 6) is 0.476. The van der Waals surface area contributed by atoms with Crippen molar-refractivity contribution in [3.63, 3.8) is 0 Å². The number of methoxy groups -OCH3 is 1. The lowest BCUT2D eigenvalue weighted by atomic mass is 9.69. The minimum atomic E-state index is -0.530. The molecule has 1 atom stereocenters. The fraction of sp³-hybridized carbons (Fsp3) is 0.474. The van der Waals surface area contributed by atoms with Crippen molar-refractivity contribution >= 4 is 5.78 Å². The van der Waals surface area contributed by atoms with Crippen molar-refractivity contribution in [2.75, 3.05) is 20.3 Å². The van der Waals surface area contributed by atoms with Crippen LogP contribution in [0.2, 0.25) is 0 Å². The zero-order valence-electron chi connectivity index (χ0n) is 14.8. The van der Waals surface area contributed by atoms with E-state index in [0.29, 0.717) is 48.7 Å². The first kappa shape index (κ1) is 17.3. The summed E-state index contributed by atoms with van der Waals surface area (Å²) in [6, 6.07) is 5.75. The van der Waals surface area contributed by atoms with Crippen molar-refractivity contribution in [1.82, 2.24) is 4.90 Å². The molecule has 25 heavy (non-hydrogen) atoms. The smallest absolute Gasteiger partial charge is 0.162 e. The molecule has 1 aromatic rings. The number of nitrogens with two attached hydrogens (primary N) is 1. The number of ether oxygens (including phenoxy) is 1. The monoisotopic (exact) mass is 341 g/mol. The van der Waals surface area contributed by atoms with Crippen LogP contribution in [0.15, 0.2) is 45.5 Å². The first-order chi connectivity index (χ1) is 11.9. The van der Waals surface area contributed by atoms with Gasteiger partial charge >= 0.3 is 0 Å². The van der Waals surface area contributed by atoms with Crippen LogP contribution in [0.5, 0.6) is 0 Å². The fourth-order valence-corrected chi connectivity index (χ4v) is 3.75. The minimum absolute atomic E-state index is 0.0512. The molecule has 0 amide bonds. The number of nitriles is 1. The van der Waals surface area contributed by atoms with E-state index in [1.54, 1.807) is 25.5 Å². The number of furan rings is 1. The van der Waals surface area contributed by atoms with Gasteiger partial charge in [-0.25, -0.2) is 0 Å². The molecule has 0 fully saturated rings. The third-order valence-corrected chi connectivity index (χ3v) is 4.83. The predicted octanol–water partition coefficient (Wildman–Crippen LogP) is 2.66. The number of Topliss-reactive ketones (excluding diaryl/α,β-unsaturated/α-hetero) is 1. The first-order valence-electron chi connectivity index (χ1n) is 8.35. The normalized spacial score (nSPS) is 22.9. The molecule has 2 N–H and O–H groups in total. The van der Waals surface area contributed by atoms with Gasteiger partial charge in [-0.2, -0.15) is 5.26 Å². The van der Waals surface area contributed by atoms with Crippen molar-refractivity contribution in [1.29, 1.82) is 5.26 Å². The van der Waals surface area contributed by atoms with E-state index in [1.165, 1.54) is 0 Å². The zero-order valence-corrected chi connectivity index (χ0v) is 14.8. The molecule has 132 valence electrons. The maximum Gasteiger partial charge on any atom is 0.162 e. The molecule has 0 aromatic carbocycles. The third kappa shape index (κ3) is 2.96. The standard InChI is InChI=1S/C19H23N3O3/c1-19(2)9-13-17(14(23)10-19)16(15-5-4-7-25-15)12(11-20)18(21)22(13)6-8-24-3/h4-5,7,16H,6,8-10,21H2,1-3H3/t16-/m0/s1. The molecule has 2 aliphatic rings. The van der Waals surface area contributed by atoms with Crippen LogP contribution in [0.3, 0.4) is 0 Å². The Hall–Kier alpha value is -2.52. The van der Waals surface area contributed by atoms with Crippen LogP contribution < -0.4 is 5.73 Å². The van der Waals surface area contributed by atoms with E-state index in [2.05, 4.69) is 19.9 Å². The molecule has 1 aliphatic heterocycles. The number of allylic oxidation sites excluding steroid dienone is 3. The summed E-state index contributed by atoms with van der Waals surface area (Å²) in [5.41, 5.74) is 8.08. The number of hydrogen-bond acceptors (Lipinski definition) is 6. The maximum absolute atomic E-state index is 13.0. The number of carbonyl (C=O) groups excluding carboxylic acids is 1. The zero-order chi connectivity index (χ0) is 18.2. The van der Waals surface area contributed by atoms with Crippen molar-refractivity contribution < 1.29 is 13.9 Å². The number of carbonyl (C=O) groups is 1. The highest BCUT2D eigenvalue weighted by atomic mass is 16.5. The second kappa shape index (κ2) is 6.41. The van der Waals surface area contributed by atoms with Gasteiger partial charge < -0.3 is 19.8 Å². The Balaban J connectivity index is 2.19. The highest BCUT2D eigenvalue weighted by Gasteiger charge is 2.44. The van der Waals surface area contributed by atoms with Crippen LogP contribution in [0.4, 0.5) is 0 Å². The molecule has 0 saturated carbocycles. The van der Waals surface area contributed by atoms with E-state index < -0.39 is 5.92 Å². The van der Waals surface area contributed by atoms with E-state index in [1.807, 2.05) is 4.90 Å². The quantitative estimate of drug-likeness (QED) is 0.905. The number of ketones is 1. The Kier molecular flexibility index (Phi) is 4.44. The summed E-state index contributed by atoms with van der Waals surface area (Å²) in [6.45, 7) is 5.10. The lowest BCUT2D eigenvalue weighted by Gasteiger charge is -2.43. The number of rotatable bonds is 4. The summed E-state index contributed by atoms with van der Waals surface area (Å²) in [6.07, 6.45) is 2.71. The van der Waals surface area contributed by atoms with Crippen LogP contribution in [0.1, 0.15) is 38.4 Å². The van der Waals surface area contributed by atoms with Gasteiger partial charge in [0, 0.05) is 31.3 Å². The third-order valence-electron chi connectivity index (χ3n) is 4.83. The molecule has 6 nitrogen and oxygen atoms in total. The summed E-state index contributed by atoms with van der Waals surface area (Å²) >= 11 is 0. The van der Waals surface area contributed by atoms with E-state index in [9.17, 15) is 10.1 Å². The molecule has 0 radical (unpaired) electrons. The van der Waals surface area contributed by atoms with E-state index in [4.69, 9.17) is 14.9 Å². The van der Waals surface area contributed by atoms with Crippen molar-refractivity contribution in [2.45, 2.75) is 32.6 Å². The van der Waals surface area contributed by atoms with Gasteiger partial charge in [0.15, 0.2) is 5.78 Å². The fourth-order valence-electron chi connectivity index (χ4n) is 3.75. The molecular weight excluding hydrogens is 318 g/mol. The second-order valence-corrected chi connectivity index (χ2v) is 7.30. The van der Waals surface area contributed by atoms with Gasteiger partial charge in [-0.1, -0.05) is 13.8 Å². The van der Waals surface area contributed by atoms with Gasteiger partial charge in [-0.05, 0) is 24.0 Å². The predicted molar refractivity (Wildman–Crippen MR) is 91.9 cm³/mol. The van der Waals surface area contributed by atoms with Gasteiger partial charge in [0.1, 0.15) is 11.6 Å². The Morgan fingerprint density at radius 1 is 1.48 bits per heavy atom. The SMILES string of the molecule is COCCN1C(N)=C(C#N)[C@@H](c2ccco2)C2=C1CC(C)(C)CC2=O. The maximum atomic E-state index is 13.0. The van der Waals surface area contributed by atoms with E-state index >= 15 is 0 Å². The molecular formula is C19H23N3O3. The van der Waals surface area contributed by atoms with Crippen LogP contribution in [0.25, 0.3) is 0 Å². The first-order valence-corrected chi connectivity index (χ1v) is 8.35. The Labute approximate surface area is 147 Å². The molecule has 0 bridgehead atoms. The van der Waals surface area contributed by atoms with E-state index in [-0.39, 0.29) is 11.2 Å². The lowest BCUT2D eigenvalue weighted by molar-refractivity contribution is -0.118. The molecule has 1 aliphatic carbocycles. The highest BCUT2D eigenvalue weighted by Crippen LogP contribution is 2.48. The second-order valence-electron chi connectivity index (χ2n) is 7.30. The largest absolute Gasteiger partial charge is 0.468 e. The molecule has 3 rings (SSSR count). The van der Waals surface area contributed by atoms with Crippen LogP contribution >= 0.6 is 0 Å². The topological polar surface area (TPSA) is 92.5 Å². The van der Waals surface area contributed by atoms with Gasteiger partial charge in [-0.15, -0.1) is 0 Å². The summed E-state index contributed by atoms with van der Waals surface area (Å²) in [4.78, 5) is 14.9. The Bertz CT molecular complexity index is 781. The number of nitrogens with zero attached hydrogens (tertiary/aromatic N) is 2. The summed E-state index contributed by atoms with van der Waals surface area (Å²) in [5, 5.41) is 9.73. The highest BCUT2D eigenvalue weighted by molar-refractivity contribution is 6.00.